The van der Waals surface area contributed by atoms with Gasteiger partial charge in [-0.05, 0) is 42.7 Å². The lowest BCUT2D eigenvalue weighted by Crippen LogP contribution is -2.13. The van der Waals surface area contributed by atoms with Gasteiger partial charge in [-0.25, -0.2) is 0 Å². The number of nitrogens with one attached hydrogen (secondary N) is 1. The number of amides is 1. The Hall–Kier alpha value is -1.32. The fraction of sp³-hybridized carbons (Fsp3) is 0.188. The molecule has 20 heavy (non-hydrogen) atoms. The fourth-order valence-corrected chi connectivity index (χ4v) is 2.48. The standard InChI is InChI=1S/C16H15BrClNO/c1-11-6-8-13(17)10-15(11)19-16(20)9-7-12-4-2-3-5-14(12)18/h2-6,8,10H,7,9H2,1H3,(H,19,20). The summed E-state index contributed by atoms with van der Waals surface area (Å²) in [7, 11) is 0. The Kier molecular flexibility index (Phi) is 5.21. The number of hydrogen-bond donors (Lipinski definition) is 1. The summed E-state index contributed by atoms with van der Waals surface area (Å²) in [5.74, 6) is -0.00822. The highest BCUT2D eigenvalue weighted by Crippen LogP contribution is 2.21. The molecule has 0 unspecified atom stereocenters. The minimum atomic E-state index is -0.00822. The van der Waals surface area contributed by atoms with Gasteiger partial charge in [-0.1, -0.05) is 51.8 Å². The first-order valence-electron chi connectivity index (χ1n) is 6.35. The lowest BCUT2D eigenvalue weighted by molar-refractivity contribution is -0.116. The Morgan fingerprint density at radius 3 is 2.75 bits per heavy atom. The molecule has 0 atom stereocenters. The van der Waals surface area contributed by atoms with Crippen LogP contribution in [0.15, 0.2) is 46.9 Å². The zero-order valence-corrected chi connectivity index (χ0v) is 13.5. The van der Waals surface area contributed by atoms with Gasteiger partial charge in [0, 0.05) is 21.6 Å². The number of carbonyl (C=O) groups excluding carboxylic acids is 1. The van der Waals surface area contributed by atoms with E-state index in [1.165, 1.54) is 0 Å². The largest absolute Gasteiger partial charge is 0.326 e. The molecule has 2 nitrogen and oxygen atoms in total. The van der Waals surface area contributed by atoms with Gasteiger partial charge in [0.1, 0.15) is 0 Å². The molecule has 2 aromatic rings. The van der Waals surface area contributed by atoms with E-state index < -0.39 is 0 Å². The SMILES string of the molecule is Cc1ccc(Br)cc1NC(=O)CCc1ccccc1Cl. The normalized spacial score (nSPS) is 10.3. The first-order valence-corrected chi connectivity index (χ1v) is 7.53. The predicted molar refractivity (Wildman–Crippen MR) is 87.3 cm³/mol. The van der Waals surface area contributed by atoms with Crippen molar-refractivity contribution in [3.05, 3.63) is 63.1 Å². The Morgan fingerprint density at radius 2 is 2.00 bits per heavy atom. The van der Waals surface area contributed by atoms with Crippen molar-refractivity contribution in [2.24, 2.45) is 0 Å². The molecule has 0 bridgehead atoms. The van der Waals surface area contributed by atoms with E-state index in [9.17, 15) is 4.79 Å². The van der Waals surface area contributed by atoms with Crippen LogP contribution < -0.4 is 5.32 Å². The van der Waals surface area contributed by atoms with Crippen molar-refractivity contribution in [3.8, 4) is 0 Å². The molecule has 0 heterocycles. The van der Waals surface area contributed by atoms with E-state index in [1.807, 2.05) is 49.4 Å². The van der Waals surface area contributed by atoms with E-state index in [-0.39, 0.29) is 5.91 Å². The number of hydrogen-bond acceptors (Lipinski definition) is 1. The summed E-state index contributed by atoms with van der Waals surface area (Å²) >= 11 is 9.48. The second-order valence-corrected chi connectivity index (χ2v) is 5.92. The molecule has 2 rings (SSSR count). The van der Waals surface area contributed by atoms with Gasteiger partial charge < -0.3 is 5.32 Å². The molecule has 0 saturated heterocycles. The Balaban J connectivity index is 1.96. The summed E-state index contributed by atoms with van der Waals surface area (Å²) in [6.07, 6.45) is 1.05. The minimum absolute atomic E-state index is 0.00822. The third kappa shape index (κ3) is 4.09. The van der Waals surface area contributed by atoms with Gasteiger partial charge in [-0.2, -0.15) is 0 Å². The van der Waals surface area contributed by atoms with Crippen LogP contribution in [0.3, 0.4) is 0 Å². The van der Waals surface area contributed by atoms with Gasteiger partial charge in [0.2, 0.25) is 5.91 Å². The second kappa shape index (κ2) is 6.91. The summed E-state index contributed by atoms with van der Waals surface area (Å²) in [4.78, 5) is 12.0. The van der Waals surface area contributed by atoms with Crippen LogP contribution in [0.4, 0.5) is 5.69 Å². The number of halogens is 2. The summed E-state index contributed by atoms with van der Waals surface area (Å²) in [5, 5.41) is 3.64. The molecule has 2 aromatic carbocycles. The highest BCUT2D eigenvalue weighted by Gasteiger charge is 2.07. The van der Waals surface area contributed by atoms with Gasteiger partial charge in [-0.15, -0.1) is 0 Å². The molecule has 0 fully saturated rings. The lowest BCUT2D eigenvalue weighted by atomic mass is 10.1. The van der Waals surface area contributed by atoms with E-state index in [1.54, 1.807) is 0 Å². The molecular formula is C16H15BrClNO. The van der Waals surface area contributed by atoms with Crippen molar-refractivity contribution in [3.63, 3.8) is 0 Å². The topological polar surface area (TPSA) is 29.1 Å². The van der Waals surface area contributed by atoms with Crippen LogP contribution in [0.2, 0.25) is 5.02 Å². The van der Waals surface area contributed by atoms with Gasteiger partial charge in [0.05, 0.1) is 0 Å². The molecule has 0 aliphatic heterocycles. The third-order valence-corrected chi connectivity index (χ3v) is 3.91. The van der Waals surface area contributed by atoms with Gasteiger partial charge >= 0.3 is 0 Å². The van der Waals surface area contributed by atoms with Crippen LogP contribution in [0, 0.1) is 6.92 Å². The minimum Gasteiger partial charge on any atom is -0.326 e. The van der Waals surface area contributed by atoms with Crippen LogP contribution >= 0.6 is 27.5 Å². The number of rotatable bonds is 4. The van der Waals surface area contributed by atoms with Crippen LogP contribution in [-0.4, -0.2) is 5.91 Å². The van der Waals surface area contributed by atoms with Crippen molar-refractivity contribution in [2.75, 3.05) is 5.32 Å². The van der Waals surface area contributed by atoms with Gasteiger partial charge in [-0.3, -0.25) is 4.79 Å². The maximum absolute atomic E-state index is 12.0. The third-order valence-electron chi connectivity index (χ3n) is 3.05. The molecule has 1 amide bonds. The van der Waals surface area contributed by atoms with E-state index in [0.717, 1.165) is 21.3 Å². The van der Waals surface area contributed by atoms with E-state index >= 15 is 0 Å². The highest BCUT2D eigenvalue weighted by molar-refractivity contribution is 9.10. The van der Waals surface area contributed by atoms with Crippen LogP contribution in [0.1, 0.15) is 17.5 Å². The number of benzene rings is 2. The molecule has 0 aromatic heterocycles. The van der Waals surface area contributed by atoms with Crippen molar-refractivity contribution in [1.29, 1.82) is 0 Å². The van der Waals surface area contributed by atoms with Crippen molar-refractivity contribution in [1.82, 2.24) is 0 Å². The molecule has 0 aliphatic carbocycles. The average Bonchev–Trinajstić information content (AvgIpc) is 2.42. The quantitative estimate of drug-likeness (QED) is 0.826. The van der Waals surface area contributed by atoms with Gasteiger partial charge in [0.15, 0.2) is 0 Å². The zero-order valence-electron chi connectivity index (χ0n) is 11.1. The molecule has 1 N–H and O–H groups in total. The molecule has 104 valence electrons. The van der Waals surface area contributed by atoms with Crippen molar-refractivity contribution < 1.29 is 4.79 Å². The summed E-state index contributed by atoms with van der Waals surface area (Å²) in [6.45, 7) is 1.97. The lowest BCUT2D eigenvalue weighted by Gasteiger charge is -2.09. The average molecular weight is 353 g/mol. The first kappa shape index (κ1) is 15.1. The smallest absolute Gasteiger partial charge is 0.224 e. The zero-order chi connectivity index (χ0) is 14.5. The van der Waals surface area contributed by atoms with Crippen LogP contribution in [0.5, 0.6) is 0 Å². The molecule has 0 aliphatic rings. The highest BCUT2D eigenvalue weighted by atomic mass is 79.9. The first-order chi connectivity index (χ1) is 9.56. The second-order valence-electron chi connectivity index (χ2n) is 4.60. The molecule has 0 saturated carbocycles. The maximum Gasteiger partial charge on any atom is 0.224 e. The molecule has 0 radical (unpaired) electrons. The maximum atomic E-state index is 12.0. The van der Waals surface area contributed by atoms with E-state index in [0.29, 0.717) is 17.9 Å². The monoisotopic (exact) mass is 351 g/mol. The van der Waals surface area contributed by atoms with E-state index in [2.05, 4.69) is 21.2 Å². The van der Waals surface area contributed by atoms with Gasteiger partial charge in [0.25, 0.3) is 0 Å². The fourth-order valence-electron chi connectivity index (χ4n) is 1.89. The predicted octanol–water partition coefficient (Wildman–Crippen LogP) is 4.98. The van der Waals surface area contributed by atoms with Crippen LogP contribution in [0.25, 0.3) is 0 Å². The Labute approximate surface area is 132 Å². The number of anilines is 1. The van der Waals surface area contributed by atoms with E-state index in [4.69, 9.17) is 11.6 Å². The number of aryl methyl sites for hydroxylation is 2. The summed E-state index contributed by atoms with van der Waals surface area (Å²) < 4.78 is 0.949. The molecular weight excluding hydrogens is 338 g/mol. The Bertz CT molecular complexity index is 628. The van der Waals surface area contributed by atoms with Crippen molar-refractivity contribution >= 4 is 39.1 Å². The van der Waals surface area contributed by atoms with Crippen LogP contribution in [-0.2, 0) is 11.2 Å². The molecule has 4 heteroatoms. The molecule has 0 spiro atoms. The number of carbonyl (C=O) groups is 1. The summed E-state index contributed by atoms with van der Waals surface area (Å²) in [5.41, 5.74) is 2.87. The summed E-state index contributed by atoms with van der Waals surface area (Å²) in [6, 6.07) is 13.4. The Morgan fingerprint density at radius 1 is 1.25 bits per heavy atom. The van der Waals surface area contributed by atoms with Crippen molar-refractivity contribution in [2.45, 2.75) is 19.8 Å².